The minimum absolute atomic E-state index is 0.0178. The number of nitrogens with zero attached hydrogens (tertiary/aromatic N) is 3. The Hall–Kier alpha value is -3.00. The summed E-state index contributed by atoms with van der Waals surface area (Å²) in [5.41, 5.74) is 1.12. The van der Waals surface area contributed by atoms with Gasteiger partial charge in [-0.1, -0.05) is 30.0 Å². The summed E-state index contributed by atoms with van der Waals surface area (Å²) in [6.07, 6.45) is 0.0178. The number of benzene rings is 2. The molecule has 3 aromatic rings. The van der Waals surface area contributed by atoms with Crippen LogP contribution in [0.1, 0.15) is 6.42 Å². The monoisotopic (exact) mass is 369 g/mol. The second kappa shape index (κ2) is 6.72. The summed E-state index contributed by atoms with van der Waals surface area (Å²) in [7, 11) is 0. The zero-order valence-electron chi connectivity index (χ0n) is 13.3. The van der Waals surface area contributed by atoms with Crippen LogP contribution in [-0.2, 0) is 9.59 Å². The first-order valence-corrected chi connectivity index (χ1v) is 8.68. The largest absolute Gasteiger partial charge is 0.411 e. The van der Waals surface area contributed by atoms with Gasteiger partial charge in [-0.2, -0.15) is 0 Å². The first kappa shape index (κ1) is 16.5. The molecule has 1 saturated heterocycles. The summed E-state index contributed by atoms with van der Waals surface area (Å²) in [6, 6.07) is 14.5. The molecule has 1 aliphatic heterocycles. The van der Waals surface area contributed by atoms with Crippen LogP contribution in [0.15, 0.2) is 64.2 Å². The quantitative estimate of drug-likeness (QED) is 0.657. The summed E-state index contributed by atoms with van der Waals surface area (Å²) in [4.78, 5) is 25.9. The summed E-state index contributed by atoms with van der Waals surface area (Å²) in [6.45, 7) is 0. The highest BCUT2D eigenvalue weighted by Crippen LogP contribution is 2.34. The predicted molar refractivity (Wildman–Crippen MR) is 92.9 cm³/mol. The van der Waals surface area contributed by atoms with E-state index in [0.717, 1.165) is 22.2 Å². The summed E-state index contributed by atoms with van der Waals surface area (Å²) in [5, 5.41) is 7.47. The van der Waals surface area contributed by atoms with Crippen LogP contribution in [0.25, 0.3) is 11.5 Å². The van der Waals surface area contributed by atoms with Gasteiger partial charge in [0.05, 0.1) is 5.69 Å². The Morgan fingerprint density at radius 3 is 2.50 bits per heavy atom. The van der Waals surface area contributed by atoms with Gasteiger partial charge in [0.25, 0.3) is 5.22 Å². The highest BCUT2D eigenvalue weighted by molar-refractivity contribution is 8.00. The van der Waals surface area contributed by atoms with E-state index in [4.69, 9.17) is 4.42 Å². The molecular formula is C18H12FN3O3S. The van der Waals surface area contributed by atoms with Crippen molar-refractivity contribution in [1.82, 2.24) is 10.2 Å². The predicted octanol–water partition coefficient (Wildman–Crippen LogP) is 3.30. The second-order valence-electron chi connectivity index (χ2n) is 5.59. The third-order valence-electron chi connectivity index (χ3n) is 3.86. The molecule has 2 amide bonds. The van der Waals surface area contributed by atoms with E-state index >= 15 is 0 Å². The van der Waals surface area contributed by atoms with Crippen molar-refractivity contribution in [2.75, 3.05) is 4.90 Å². The second-order valence-corrected chi connectivity index (χ2v) is 6.75. The van der Waals surface area contributed by atoms with Crippen LogP contribution in [-0.4, -0.2) is 27.3 Å². The summed E-state index contributed by atoms with van der Waals surface area (Å²) < 4.78 is 18.6. The molecule has 6 nitrogen and oxygen atoms in total. The number of aromatic nitrogens is 2. The fourth-order valence-electron chi connectivity index (χ4n) is 2.63. The zero-order valence-corrected chi connectivity index (χ0v) is 14.1. The van der Waals surface area contributed by atoms with Gasteiger partial charge in [-0.25, -0.2) is 9.29 Å². The Balaban J connectivity index is 1.51. The van der Waals surface area contributed by atoms with Crippen LogP contribution in [0, 0.1) is 5.82 Å². The van der Waals surface area contributed by atoms with Crippen molar-refractivity contribution in [3.63, 3.8) is 0 Å². The maximum Gasteiger partial charge on any atom is 0.277 e. The zero-order chi connectivity index (χ0) is 18.1. The number of imide groups is 1. The molecule has 2 aromatic carbocycles. The number of rotatable bonds is 4. The lowest BCUT2D eigenvalue weighted by molar-refractivity contribution is -0.121. The van der Waals surface area contributed by atoms with Crippen molar-refractivity contribution in [3.05, 3.63) is 60.4 Å². The van der Waals surface area contributed by atoms with Crippen molar-refractivity contribution in [3.8, 4) is 11.5 Å². The van der Waals surface area contributed by atoms with E-state index in [1.54, 1.807) is 0 Å². The van der Waals surface area contributed by atoms with E-state index in [-0.39, 0.29) is 23.5 Å². The number of halogens is 1. The number of carbonyl (C=O) groups is 2. The number of hydrogen-bond acceptors (Lipinski definition) is 6. The van der Waals surface area contributed by atoms with Crippen LogP contribution in [0.3, 0.4) is 0 Å². The number of anilines is 1. The number of carbonyl (C=O) groups excluding carboxylic acids is 2. The van der Waals surface area contributed by atoms with E-state index in [9.17, 15) is 14.0 Å². The molecule has 0 N–H and O–H groups in total. The molecule has 4 rings (SSSR count). The van der Waals surface area contributed by atoms with E-state index in [2.05, 4.69) is 10.2 Å². The number of amides is 2. The molecule has 1 fully saturated rings. The van der Waals surface area contributed by atoms with Gasteiger partial charge in [0, 0.05) is 12.0 Å². The average molecular weight is 369 g/mol. The Kier molecular flexibility index (Phi) is 4.26. The molecule has 1 aromatic heterocycles. The normalized spacial score (nSPS) is 17.1. The fraction of sp³-hybridized carbons (Fsp3) is 0.111. The van der Waals surface area contributed by atoms with Crippen molar-refractivity contribution in [2.45, 2.75) is 16.9 Å². The lowest BCUT2D eigenvalue weighted by Gasteiger charge is -2.14. The maximum absolute atomic E-state index is 13.1. The maximum atomic E-state index is 13.1. The lowest BCUT2D eigenvalue weighted by Crippen LogP contribution is -2.31. The first-order valence-electron chi connectivity index (χ1n) is 7.80. The molecule has 1 unspecified atom stereocenters. The van der Waals surface area contributed by atoms with Crippen molar-refractivity contribution in [2.24, 2.45) is 0 Å². The molecule has 130 valence electrons. The molecule has 0 aliphatic carbocycles. The standard InChI is InChI=1S/C18H12FN3O3S/c19-12-6-8-13(9-7-12)22-15(23)10-14(17(22)24)26-18-21-20-16(25-18)11-4-2-1-3-5-11/h1-9,14H,10H2. The van der Waals surface area contributed by atoms with Gasteiger partial charge in [0.15, 0.2) is 0 Å². The van der Waals surface area contributed by atoms with Gasteiger partial charge < -0.3 is 4.42 Å². The third kappa shape index (κ3) is 3.11. The Morgan fingerprint density at radius 2 is 1.77 bits per heavy atom. The Labute approximate surface area is 152 Å². The highest BCUT2D eigenvalue weighted by atomic mass is 32.2. The van der Waals surface area contributed by atoms with E-state index in [0.29, 0.717) is 11.6 Å². The molecule has 8 heteroatoms. The van der Waals surface area contributed by atoms with E-state index in [1.165, 1.54) is 24.3 Å². The minimum Gasteiger partial charge on any atom is -0.411 e. The number of hydrogen-bond donors (Lipinski definition) is 0. The third-order valence-corrected chi connectivity index (χ3v) is 4.88. The SMILES string of the molecule is O=C1CC(Sc2nnc(-c3ccccc3)o2)C(=O)N1c1ccc(F)cc1. The van der Waals surface area contributed by atoms with Crippen LogP contribution in [0.4, 0.5) is 10.1 Å². The molecule has 26 heavy (non-hydrogen) atoms. The van der Waals surface area contributed by atoms with Crippen LogP contribution in [0.2, 0.25) is 0 Å². The molecule has 0 bridgehead atoms. The Morgan fingerprint density at radius 1 is 1.04 bits per heavy atom. The Bertz CT molecular complexity index is 959. The van der Waals surface area contributed by atoms with Crippen molar-refractivity contribution in [1.29, 1.82) is 0 Å². The fourth-order valence-corrected chi connectivity index (χ4v) is 3.52. The van der Waals surface area contributed by atoms with Crippen LogP contribution < -0.4 is 4.90 Å². The van der Waals surface area contributed by atoms with E-state index in [1.807, 2.05) is 30.3 Å². The van der Waals surface area contributed by atoms with Crippen molar-refractivity contribution < 1.29 is 18.4 Å². The van der Waals surface area contributed by atoms with Crippen molar-refractivity contribution >= 4 is 29.3 Å². The number of thioether (sulfide) groups is 1. The highest BCUT2D eigenvalue weighted by Gasteiger charge is 2.41. The smallest absolute Gasteiger partial charge is 0.277 e. The molecule has 0 saturated carbocycles. The summed E-state index contributed by atoms with van der Waals surface area (Å²) >= 11 is 1.05. The van der Waals surface area contributed by atoms with Crippen LogP contribution in [0.5, 0.6) is 0 Å². The molecular weight excluding hydrogens is 357 g/mol. The van der Waals surface area contributed by atoms with Gasteiger partial charge >= 0.3 is 0 Å². The molecule has 1 atom stereocenters. The van der Waals surface area contributed by atoms with Gasteiger partial charge in [0.1, 0.15) is 11.1 Å². The average Bonchev–Trinajstić information content (AvgIpc) is 3.22. The lowest BCUT2D eigenvalue weighted by atomic mass is 10.2. The van der Waals surface area contributed by atoms with Gasteiger partial charge in [-0.15, -0.1) is 10.2 Å². The van der Waals surface area contributed by atoms with Gasteiger partial charge in [-0.3, -0.25) is 9.59 Å². The molecule has 2 heterocycles. The molecule has 0 spiro atoms. The molecule has 0 radical (unpaired) electrons. The van der Waals surface area contributed by atoms with E-state index < -0.39 is 11.1 Å². The first-order chi connectivity index (χ1) is 12.6. The molecule has 1 aliphatic rings. The van der Waals surface area contributed by atoms with Gasteiger partial charge in [-0.05, 0) is 36.4 Å². The topological polar surface area (TPSA) is 76.3 Å². The minimum atomic E-state index is -0.656. The van der Waals surface area contributed by atoms with Gasteiger partial charge in [0.2, 0.25) is 17.7 Å². The van der Waals surface area contributed by atoms with Crippen LogP contribution >= 0.6 is 11.8 Å². The summed E-state index contributed by atoms with van der Waals surface area (Å²) in [5.74, 6) is -0.814.